The van der Waals surface area contributed by atoms with Crippen molar-refractivity contribution >= 4 is 5.57 Å². The van der Waals surface area contributed by atoms with E-state index in [-0.39, 0.29) is 6.04 Å². The molecule has 1 atom stereocenters. The quantitative estimate of drug-likeness (QED) is 0.227. The van der Waals surface area contributed by atoms with Gasteiger partial charge in [-0.15, -0.1) is 32.9 Å². The topological polar surface area (TPSA) is 24.1 Å². The lowest BCUT2D eigenvalue weighted by Gasteiger charge is -2.22. The first-order chi connectivity index (χ1) is 19.5. The van der Waals surface area contributed by atoms with Crippen LogP contribution in [0.2, 0.25) is 0 Å². The Hall–Kier alpha value is -4.04. The molecule has 2 aromatic carbocycles. The Balaban J connectivity index is 0.00000210. The van der Waals surface area contributed by atoms with Crippen LogP contribution in [0.1, 0.15) is 80.0 Å². The smallest absolute Gasteiger partial charge is 0.0519 e. The molecule has 1 aliphatic rings. The van der Waals surface area contributed by atoms with Crippen LogP contribution in [0.4, 0.5) is 0 Å². The maximum Gasteiger partial charge on any atom is 0.0519 e. The van der Waals surface area contributed by atoms with Crippen molar-refractivity contribution in [2.24, 2.45) is 0 Å². The average molecular weight is 551 g/mol. The molecule has 220 valence electrons. The van der Waals surface area contributed by atoms with Crippen molar-refractivity contribution in [3.05, 3.63) is 163 Å². The molecule has 1 unspecified atom stereocenters. The summed E-state index contributed by atoms with van der Waals surface area (Å²) in [5, 5.41) is 7.16. The van der Waals surface area contributed by atoms with Gasteiger partial charge in [0.15, 0.2) is 0 Å². The maximum atomic E-state index is 4.38. The predicted molar refractivity (Wildman–Crippen MR) is 187 cm³/mol. The normalized spacial score (nSPS) is 13.2. The van der Waals surface area contributed by atoms with Crippen LogP contribution in [-0.2, 0) is 13.0 Å². The van der Waals surface area contributed by atoms with Gasteiger partial charge in [-0.05, 0) is 104 Å². The molecule has 0 bridgehead atoms. The van der Waals surface area contributed by atoms with Crippen molar-refractivity contribution < 1.29 is 0 Å². The lowest BCUT2D eigenvalue weighted by Crippen LogP contribution is -2.20. The molecule has 0 aliphatic heterocycles. The van der Waals surface area contributed by atoms with Gasteiger partial charge in [0.05, 0.1) is 6.04 Å². The molecular formula is C39H54N2. The van der Waals surface area contributed by atoms with Crippen LogP contribution in [0.3, 0.4) is 0 Å². The first-order valence-corrected chi connectivity index (χ1v) is 14.2. The van der Waals surface area contributed by atoms with Crippen LogP contribution in [0.15, 0.2) is 130 Å². The summed E-state index contributed by atoms with van der Waals surface area (Å²) in [6.07, 6.45) is 4.78. The van der Waals surface area contributed by atoms with Crippen LogP contribution < -0.4 is 10.6 Å². The Bertz CT molecular complexity index is 1250. The molecule has 41 heavy (non-hydrogen) atoms. The maximum absolute atomic E-state index is 4.38. The SMILES string of the molecule is C=C.C=C.C=C(NCc1ccc(C)c(C)c1)C(=C)/C(CC)=C(\C)C(=C)NC1CCc2cc(C(=C)C)ccc21.C=CC. The molecule has 0 amide bonds. The second-order valence-electron chi connectivity index (χ2n) is 10.0. The van der Waals surface area contributed by atoms with E-state index in [1.807, 2.05) is 6.92 Å². The van der Waals surface area contributed by atoms with Crippen molar-refractivity contribution in [3.63, 3.8) is 0 Å². The number of hydrogen-bond acceptors (Lipinski definition) is 2. The van der Waals surface area contributed by atoms with E-state index in [1.165, 1.54) is 39.0 Å². The second-order valence-corrected chi connectivity index (χ2v) is 10.0. The van der Waals surface area contributed by atoms with E-state index in [1.54, 1.807) is 6.08 Å². The highest BCUT2D eigenvalue weighted by Gasteiger charge is 2.23. The third kappa shape index (κ3) is 10.8. The number of hydrogen-bond donors (Lipinski definition) is 2. The Kier molecular flexibility index (Phi) is 17.2. The molecule has 0 heterocycles. The Morgan fingerprint density at radius 1 is 0.902 bits per heavy atom. The zero-order valence-corrected chi connectivity index (χ0v) is 26.8. The zero-order valence-electron chi connectivity index (χ0n) is 26.8. The summed E-state index contributed by atoms with van der Waals surface area (Å²) < 4.78 is 0. The predicted octanol–water partition coefficient (Wildman–Crippen LogP) is 10.8. The molecule has 0 saturated heterocycles. The fraction of sp³-hybridized carbons (Fsp3) is 0.282. The van der Waals surface area contributed by atoms with Gasteiger partial charge in [0.2, 0.25) is 0 Å². The Labute approximate surface area is 252 Å². The van der Waals surface area contributed by atoms with Gasteiger partial charge in [0.25, 0.3) is 0 Å². The van der Waals surface area contributed by atoms with Crippen LogP contribution in [0.5, 0.6) is 0 Å². The summed E-state index contributed by atoms with van der Waals surface area (Å²) in [6, 6.07) is 13.6. The molecule has 3 rings (SSSR count). The van der Waals surface area contributed by atoms with Crippen molar-refractivity contribution in [2.45, 2.75) is 73.4 Å². The number of benzene rings is 2. The highest BCUT2D eigenvalue weighted by molar-refractivity contribution is 5.63. The minimum atomic E-state index is 0.286. The Morgan fingerprint density at radius 3 is 2.05 bits per heavy atom. The fourth-order valence-electron chi connectivity index (χ4n) is 4.65. The summed E-state index contributed by atoms with van der Waals surface area (Å²) >= 11 is 0. The summed E-state index contributed by atoms with van der Waals surface area (Å²) in [5.41, 5.74) is 14.1. The van der Waals surface area contributed by atoms with Gasteiger partial charge in [-0.25, -0.2) is 0 Å². The fourth-order valence-corrected chi connectivity index (χ4v) is 4.65. The summed E-state index contributed by atoms with van der Waals surface area (Å²) in [6.45, 7) is 45.7. The lowest BCUT2D eigenvalue weighted by molar-refractivity contribution is 0.597. The van der Waals surface area contributed by atoms with E-state index < -0.39 is 0 Å². The molecule has 0 saturated carbocycles. The molecule has 2 aromatic rings. The van der Waals surface area contributed by atoms with E-state index in [0.717, 1.165) is 53.9 Å². The molecule has 1 aliphatic carbocycles. The van der Waals surface area contributed by atoms with Gasteiger partial charge in [0, 0.05) is 17.9 Å². The van der Waals surface area contributed by atoms with E-state index in [2.05, 4.69) is 141 Å². The first-order valence-electron chi connectivity index (χ1n) is 14.2. The highest BCUT2D eigenvalue weighted by Crippen LogP contribution is 2.35. The van der Waals surface area contributed by atoms with Crippen LogP contribution in [0.25, 0.3) is 5.57 Å². The van der Waals surface area contributed by atoms with Gasteiger partial charge < -0.3 is 10.6 Å². The monoisotopic (exact) mass is 550 g/mol. The zero-order chi connectivity index (χ0) is 31.7. The van der Waals surface area contributed by atoms with Gasteiger partial charge >= 0.3 is 0 Å². The summed E-state index contributed by atoms with van der Waals surface area (Å²) in [7, 11) is 0. The minimum Gasteiger partial charge on any atom is -0.381 e. The molecule has 2 nitrogen and oxygen atoms in total. The summed E-state index contributed by atoms with van der Waals surface area (Å²) in [5.74, 6) is 0. The minimum absolute atomic E-state index is 0.286. The number of rotatable bonds is 10. The molecule has 0 spiro atoms. The molecule has 0 radical (unpaired) electrons. The van der Waals surface area contributed by atoms with Gasteiger partial charge in [0.1, 0.15) is 0 Å². The van der Waals surface area contributed by atoms with Gasteiger partial charge in [-0.2, -0.15) is 0 Å². The third-order valence-corrected chi connectivity index (χ3v) is 7.13. The van der Waals surface area contributed by atoms with Crippen molar-refractivity contribution in [1.29, 1.82) is 0 Å². The average Bonchev–Trinajstić information content (AvgIpc) is 3.38. The molecule has 2 heteroatoms. The second kappa shape index (κ2) is 19.1. The standard InChI is InChI=1S/C32H40N2.C3H6.2C2H4/c1-10-30(23(6)25(8)33-19-27-12-11-21(4)22(5)17-27)24(7)26(9)34-32-16-14-29-18-28(20(2)3)13-15-31(29)32;1-3-2;2*1-2/h11-13,15,17-18,32-34H,2,6,8-10,14,16,19H2,1,3-5,7H3;3H,1H2,2H3;2*1-2H2/b30-24+;;;. The lowest BCUT2D eigenvalue weighted by atomic mass is 9.95. The van der Waals surface area contributed by atoms with E-state index in [0.29, 0.717) is 0 Å². The van der Waals surface area contributed by atoms with Gasteiger partial charge in [-0.1, -0.05) is 81.3 Å². The molecule has 2 N–H and O–H groups in total. The molecular weight excluding hydrogens is 496 g/mol. The number of allylic oxidation sites excluding steroid dienone is 4. The summed E-state index contributed by atoms with van der Waals surface area (Å²) in [4.78, 5) is 0. The van der Waals surface area contributed by atoms with Crippen molar-refractivity contribution in [3.8, 4) is 0 Å². The number of nitrogens with one attached hydrogen (secondary N) is 2. The van der Waals surface area contributed by atoms with E-state index in [9.17, 15) is 0 Å². The largest absolute Gasteiger partial charge is 0.381 e. The van der Waals surface area contributed by atoms with E-state index >= 15 is 0 Å². The third-order valence-electron chi connectivity index (χ3n) is 7.13. The van der Waals surface area contributed by atoms with Gasteiger partial charge in [-0.3, -0.25) is 0 Å². The molecule has 0 aromatic heterocycles. The first kappa shape index (κ1) is 37.0. The van der Waals surface area contributed by atoms with Crippen LogP contribution in [0, 0.1) is 13.8 Å². The highest BCUT2D eigenvalue weighted by atomic mass is 14.9. The van der Waals surface area contributed by atoms with Crippen LogP contribution in [-0.4, -0.2) is 0 Å². The Morgan fingerprint density at radius 2 is 1.51 bits per heavy atom. The van der Waals surface area contributed by atoms with E-state index in [4.69, 9.17) is 0 Å². The van der Waals surface area contributed by atoms with Crippen molar-refractivity contribution in [2.75, 3.05) is 0 Å². The number of aryl methyl sites for hydroxylation is 3. The van der Waals surface area contributed by atoms with Crippen molar-refractivity contribution in [1.82, 2.24) is 10.6 Å². The number of fused-ring (bicyclic) bond motifs is 1. The van der Waals surface area contributed by atoms with Crippen LogP contribution >= 0.6 is 0 Å². The molecule has 0 fully saturated rings.